The number of rotatable bonds is 4. The first kappa shape index (κ1) is 11.8. The molecule has 0 saturated heterocycles. The average molecular weight is 213 g/mol. The van der Waals surface area contributed by atoms with Gasteiger partial charge in [0, 0.05) is 13.6 Å². The van der Waals surface area contributed by atoms with Crippen LogP contribution in [0.2, 0.25) is 0 Å². The van der Waals surface area contributed by atoms with Gasteiger partial charge in [0.25, 0.3) is 0 Å². The number of amides is 1. The maximum atomic E-state index is 11.6. The van der Waals surface area contributed by atoms with E-state index < -0.39 is 0 Å². The van der Waals surface area contributed by atoms with E-state index in [0.29, 0.717) is 5.92 Å². The summed E-state index contributed by atoms with van der Waals surface area (Å²) >= 11 is 0. The Morgan fingerprint density at radius 1 is 1.53 bits per heavy atom. The van der Waals surface area contributed by atoms with Crippen LogP contribution in [0.1, 0.15) is 32.1 Å². The zero-order chi connectivity index (χ0) is 11.3. The molecule has 0 radical (unpaired) electrons. The highest BCUT2D eigenvalue weighted by molar-refractivity contribution is 5.98. The Balaban J connectivity index is 2.32. The van der Waals surface area contributed by atoms with Crippen LogP contribution < -0.4 is 5.73 Å². The van der Waals surface area contributed by atoms with Crippen molar-refractivity contribution in [2.75, 3.05) is 13.6 Å². The summed E-state index contributed by atoms with van der Waals surface area (Å²) in [6, 6.07) is 0. The number of nitrogens with zero attached hydrogens (tertiary/aromatic N) is 2. The molecule has 1 aliphatic carbocycles. The van der Waals surface area contributed by atoms with Crippen molar-refractivity contribution in [1.29, 1.82) is 0 Å². The first-order valence-corrected chi connectivity index (χ1v) is 5.34. The minimum Gasteiger partial charge on any atom is -0.409 e. The highest BCUT2D eigenvalue weighted by atomic mass is 16.4. The second-order valence-electron chi connectivity index (χ2n) is 4.19. The molecule has 15 heavy (non-hydrogen) atoms. The Hall–Kier alpha value is -1.26. The molecular weight excluding hydrogens is 194 g/mol. The maximum Gasteiger partial charge on any atom is 0.230 e. The fourth-order valence-corrected chi connectivity index (χ4v) is 2.01. The van der Waals surface area contributed by atoms with Gasteiger partial charge in [-0.05, 0) is 18.8 Å². The summed E-state index contributed by atoms with van der Waals surface area (Å²) in [4.78, 5) is 13.2. The lowest BCUT2D eigenvalue weighted by atomic mass is 10.1. The third-order valence-electron chi connectivity index (χ3n) is 2.89. The van der Waals surface area contributed by atoms with Crippen LogP contribution >= 0.6 is 0 Å². The number of nitrogens with two attached hydrogens (primary N) is 1. The van der Waals surface area contributed by atoms with Gasteiger partial charge in [0.05, 0.1) is 6.42 Å². The highest BCUT2D eigenvalue weighted by Crippen LogP contribution is 2.25. The Morgan fingerprint density at radius 3 is 2.67 bits per heavy atom. The fraction of sp³-hybridized carbons (Fsp3) is 0.800. The number of oxime groups is 1. The Morgan fingerprint density at radius 2 is 2.13 bits per heavy atom. The topological polar surface area (TPSA) is 78.9 Å². The minimum absolute atomic E-state index is 0.000278. The van der Waals surface area contributed by atoms with Crippen LogP contribution in [0.4, 0.5) is 0 Å². The molecule has 1 saturated carbocycles. The number of carbonyl (C=O) groups excluding carboxylic acids is 1. The molecule has 1 amide bonds. The van der Waals surface area contributed by atoms with E-state index in [1.165, 1.54) is 25.7 Å². The molecule has 0 aromatic rings. The van der Waals surface area contributed by atoms with Crippen molar-refractivity contribution in [3.05, 3.63) is 0 Å². The highest BCUT2D eigenvalue weighted by Gasteiger charge is 2.19. The normalized spacial score (nSPS) is 18.1. The lowest BCUT2D eigenvalue weighted by Crippen LogP contribution is -2.34. The molecular formula is C10H19N3O2. The molecule has 0 bridgehead atoms. The van der Waals surface area contributed by atoms with Crippen molar-refractivity contribution in [2.24, 2.45) is 16.8 Å². The largest absolute Gasteiger partial charge is 0.409 e. The van der Waals surface area contributed by atoms with E-state index in [1.807, 2.05) is 0 Å². The SMILES string of the molecule is CN(CC1CCCC1)C(=O)CC(N)=NO. The predicted octanol–water partition coefficient (Wildman–Crippen LogP) is 0.771. The molecule has 0 atom stereocenters. The molecule has 0 aliphatic heterocycles. The first-order chi connectivity index (χ1) is 7.13. The lowest BCUT2D eigenvalue weighted by molar-refractivity contribution is -0.129. The number of hydrogen-bond acceptors (Lipinski definition) is 3. The van der Waals surface area contributed by atoms with Gasteiger partial charge in [0.1, 0.15) is 5.84 Å². The third-order valence-corrected chi connectivity index (χ3v) is 2.89. The molecule has 0 unspecified atom stereocenters. The van der Waals surface area contributed by atoms with Crippen molar-refractivity contribution >= 4 is 11.7 Å². The van der Waals surface area contributed by atoms with E-state index in [-0.39, 0.29) is 18.2 Å². The molecule has 1 rings (SSSR count). The van der Waals surface area contributed by atoms with E-state index >= 15 is 0 Å². The summed E-state index contributed by atoms with van der Waals surface area (Å²) in [7, 11) is 1.77. The van der Waals surface area contributed by atoms with Crippen LogP contribution in [0.15, 0.2) is 5.16 Å². The summed E-state index contributed by atoms with van der Waals surface area (Å²) in [5.74, 6) is 0.515. The van der Waals surface area contributed by atoms with Gasteiger partial charge in [-0.25, -0.2) is 0 Å². The van der Waals surface area contributed by atoms with Crippen molar-refractivity contribution in [3.8, 4) is 0 Å². The molecule has 1 fully saturated rings. The molecule has 0 aromatic carbocycles. The summed E-state index contributed by atoms with van der Waals surface area (Å²) < 4.78 is 0. The van der Waals surface area contributed by atoms with Crippen molar-refractivity contribution < 1.29 is 10.0 Å². The third kappa shape index (κ3) is 3.77. The summed E-state index contributed by atoms with van der Waals surface area (Å²) in [5, 5.41) is 11.1. The van der Waals surface area contributed by atoms with Gasteiger partial charge in [-0.15, -0.1) is 0 Å². The van der Waals surface area contributed by atoms with Crippen LogP contribution in [-0.2, 0) is 4.79 Å². The van der Waals surface area contributed by atoms with E-state index in [1.54, 1.807) is 11.9 Å². The van der Waals surface area contributed by atoms with E-state index in [0.717, 1.165) is 6.54 Å². The van der Waals surface area contributed by atoms with Gasteiger partial charge < -0.3 is 15.8 Å². The Kier molecular flexibility index (Phi) is 4.39. The Bertz CT molecular complexity index is 247. The second kappa shape index (κ2) is 5.58. The number of amidine groups is 1. The Labute approximate surface area is 89.9 Å². The lowest BCUT2D eigenvalue weighted by Gasteiger charge is -2.20. The number of hydrogen-bond donors (Lipinski definition) is 2. The maximum absolute atomic E-state index is 11.6. The minimum atomic E-state index is -0.0859. The van der Waals surface area contributed by atoms with Gasteiger partial charge in [-0.3, -0.25) is 4.79 Å². The standard InChI is InChI=1S/C10H19N3O2/c1-13(7-8-4-2-3-5-8)10(14)6-9(11)12-15/h8,15H,2-7H2,1H3,(H2,11,12). The van der Waals surface area contributed by atoms with Crippen LogP contribution in [0.3, 0.4) is 0 Å². The van der Waals surface area contributed by atoms with Gasteiger partial charge in [0.15, 0.2) is 0 Å². The summed E-state index contributed by atoms with van der Waals surface area (Å²) in [6.45, 7) is 0.789. The van der Waals surface area contributed by atoms with Crippen molar-refractivity contribution in [1.82, 2.24) is 4.90 Å². The van der Waals surface area contributed by atoms with Crippen LogP contribution in [-0.4, -0.2) is 35.4 Å². The van der Waals surface area contributed by atoms with E-state index in [9.17, 15) is 4.79 Å². The molecule has 0 heterocycles. The van der Waals surface area contributed by atoms with Crippen LogP contribution in [0.25, 0.3) is 0 Å². The van der Waals surface area contributed by atoms with Crippen LogP contribution in [0, 0.1) is 5.92 Å². The summed E-state index contributed by atoms with van der Waals surface area (Å²) in [5.41, 5.74) is 5.27. The predicted molar refractivity (Wildman–Crippen MR) is 57.6 cm³/mol. The fourth-order valence-electron chi connectivity index (χ4n) is 2.01. The van der Waals surface area contributed by atoms with E-state index in [2.05, 4.69) is 5.16 Å². The molecule has 0 spiro atoms. The molecule has 5 nitrogen and oxygen atoms in total. The smallest absolute Gasteiger partial charge is 0.230 e. The van der Waals surface area contributed by atoms with E-state index in [4.69, 9.17) is 10.9 Å². The second-order valence-corrected chi connectivity index (χ2v) is 4.19. The molecule has 86 valence electrons. The van der Waals surface area contributed by atoms with Gasteiger partial charge in [-0.2, -0.15) is 0 Å². The molecule has 5 heteroatoms. The number of carbonyl (C=O) groups is 1. The quantitative estimate of drug-likeness (QED) is 0.313. The average Bonchev–Trinajstić information content (AvgIpc) is 2.70. The van der Waals surface area contributed by atoms with Crippen molar-refractivity contribution in [2.45, 2.75) is 32.1 Å². The molecule has 3 N–H and O–H groups in total. The van der Waals surface area contributed by atoms with Gasteiger partial charge >= 0.3 is 0 Å². The van der Waals surface area contributed by atoms with Crippen molar-refractivity contribution in [3.63, 3.8) is 0 Å². The molecule has 1 aliphatic rings. The zero-order valence-electron chi connectivity index (χ0n) is 9.15. The van der Waals surface area contributed by atoms with Crippen LogP contribution in [0.5, 0.6) is 0 Å². The summed E-state index contributed by atoms with van der Waals surface area (Å²) in [6.07, 6.45) is 4.96. The monoisotopic (exact) mass is 213 g/mol. The van der Waals surface area contributed by atoms with Gasteiger partial charge in [-0.1, -0.05) is 18.0 Å². The zero-order valence-corrected chi connectivity index (χ0v) is 9.15. The molecule has 0 aromatic heterocycles. The first-order valence-electron chi connectivity index (χ1n) is 5.34. The van der Waals surface area contributed by atoms with Gasteiger partial charge in [0.2, 0.25) is 5.91 Å².